The molecule has 1 amide bonds. The van der Waals surface area contributed by atoms with Crippen LogP contribution in [0, 0.1) is 0 Å². The van der Waals surface area contributed by atoms with Gasteiger partial charge < -0.3 is 10.1 Å². The first-order valence-corrected chi connectivity index (χ1v) is 6.12. The van der Waals surface area contributed by atoms with Gasteiger partial charge in [-0.25, -0.2) is 0 Å². The molecular weight excluding hydrogens is 214 g/mol. The van der Waals surface area contributed by atoms with Crippen molar-refractivity contribution in [1.29, 1.82) is 0 Å². The average molecular weight is 236 g/mol. The SMILES string of the molecule is CCCC(COC)NC(=O)CCCCCl. The number of amides is 1. The normalized spacial score (nSPS) is 12.5. The maximum absolute atomic E-state index is 11.5. The van der Waals surface area contributed by atoms with E-state index in [4.69, 9.17) is 16.3 Å². The van der Waals surface area contributed by atoms with E-state index in [0.29, 0.717) is 18.9 Å². The molecule has 0 spiro atoms. The molecule has 0 saturated heterocycles. The fourth-order valence-corrected chi connectivity index (χ4v) is 1.62. The molecule has 0 aliphatic rings. The van der Waals surface area contributed by atoms with Crippen LogP contribution < -0.4 is 5.32 Å². The summed E-state index contributed by atoms with van der Waals surface area (Å²) in [7, 11) is 1.66. The third-order valence-electron chi connectivity index (χ3n) is 2.16. The Labute approximate surface area is 97.5 Å². The average Bonchev–Trinajstić information content (AvgIpc) is 2.19. The Hall–Kier alpha value is -0.280. The van der Waals surface area contributed by atoms with E-state index in [-0.39, 0.29) is 11.9 Å². The number of carbonyl (C=O) groups excluding carboxylic acids is 1. The predicted octanol–water partition coefficient (Wildman–Crippen LogP) is 2.33. The van der Waals surface area contributed by atoms with Gasteiger partial charge in [-0.1, -0.05) is 13.3 Å². The lowest BCUT2D eigenvalue weighted by molar-refractivity contribution is -0.122. The Morgan fingerprint density at radius 3 is 2.73 bits per heavy atom. The predicted molar refractivity (Wildman–Crippen MR) is 63.3 cm³/mol. The number of hydrogen-bond acceptors (Lipinski definition) is 2. The van der Waals surface area contributed by atoms with Gasteiger partial charge in [0.05, 0.1) is 12.6 Å². The van der Waals surface area contributed by atoms with Gasteiger partial charge in [-0.3, -0.25) is 4.79 Å². The fourth-order valence-electron chi connectivity index (χ4n) is 1.43. The summed E-state index contributed by atoms with van der Waals surface area (Å²) in [6.07, 6.45) is 4.35. The second-order valence-electron chi connectivity index (χ2n) is 3.65. The summed E-state index contributed by atoms with van der Waals surface area (Å²) in [5.74, 6) is 0.736. The molecule has 0 aliphatic heterocycles. The molecule has 1 atom stereocenters. The monoisotopic (exact) mass is 235 g/mol. The molecule has 0 aliphatic carbocycles. The maximum Gasteiger partial charge on any atom is 0.220 e. The number of unbranched alkanes of at least 4 members (excludes halogenated alkanes) is 1. The summed E-state index contributed by atoms with van der Waals surface area (Å²) in [5, 5.41) is 2.97. The van der Waals surface area contributed by atoms with Gasteiger partial charge in [-0.15, -0.1) is 11.6 Å². The number of halogens is 1. The van der Waals surface area contributed by atoms with Gasteiger partial charge in [0.25, 0.3) is 0 Å². The number of ether oxygens (including phenoxy) is 1. The van der Waals surface area contributed by atoms with Crippen molar-refractivity contribution in [3.8, 4) is 0 Å². The van der Waals surface area contributed by atoms with E-state index >= 15 is 0 Å². The van der Waals surface area contributed by atoms with Crippen LogP contribution in [-0.4, -0.2) is 31.5 Å². The lowest BCUT2D eigenvalue weighted by atomic mass is 10.1. The van der Waals surface area contributed by atoms with Gasteiger partial charge in [0.2, 0.25) is 5.91 Å². The molecule has 0 heterocycles. The van der Waals surface area contributed by atoms with Crippen molar-refractivity contribution in [3.63, 3.8) is 0 Å². The van der Waals surface area contributed by atoms with Crippen LogP contribution in [0.1, 0.15) is 39.0 Å². The summed E-state index contributed by atoms with van der Waals surface area (Å²) in [6, 6.07) is 0.156. The quantitative estimate of drug-likeness (QED) is 0.492. The zero-order valence-corrected chi connectivity index (χ0v) is 10.5. The molecule has 0 rings (SSSR count). The van der Waals surface area contributed by atoms with Gasteiger partial charge in [-0.05, 0) is 19.3 Å². The summed E-state index contributed by atoms with van der Waals surface area (Å²) in [6.45, 7) is 2.69. The molecule has 0 aromatic carbocycles. The molecule has 0 bridgehead atoms. The third kappa shape index (κ3) is 8.70. The molecule has 3 nitrogen and oxygen atoms in total. The molecule has 0 radical (unpaired) electrons. The number of rotatable bonds is 9. The molecule has 0 aromatic rings. The van der Waals surface area contributed by atoms with Gasteiger partial charge in [0.1, 0.15) is 0 Å². The second-order valence-corrected chi connectivity index (χ2v) is 4.03. The molecule has 1 N–H and O–H groups in total. The van der Waals surface area contributed by atoms with Gasteiger partial charge >= 0.3 is 0 Å². The van der Waals surface area contributed by atoms with Crippen LogP contribution in [0.4, 0.5) is 0 Å². The van der Waals surface area contributed by atoms with Crippen LogP contribution in [0.2, 0.25) is 0 Å². The van der Waals surface area contributed by atoms with Crippen molar-refractivity contribution in [2.45, 2.75) is 45.1 Å². The van der Waals surface area contributed by atoms with E-state index in [2.05, 4.69) is 12.2 Å². The zero-order valence-electron chi connectivity index (χ0n) is 9.72. The summed E-state index contributed by atoms with van der Waals surface area (Å²) < 4.78 is 5.05. The molecular formula is C11H22ClNO2. The third-order valence-corrected chi connectivity index (χ3v) is 2.42. The van der Waals surface area contributed by atoms with Crippen molar-refractivity contribution in [2.24, 2.45) is 0 Å². The highest BCUT2D eigenvalue weighted by Crippen LogP contribution is 2.01. The van der Waals surface area contributed by atoms with Gasteiger partial charge in [0, 0.05) is 19.4 Å². The number of hydrogen-bond donors (Lipinski definition) is 1. The van der Waals surface area contributed by atoms with Crippen LogP contribution in [-0.2, 0) is 9.53 Å². The summed E-state index contributed by atoms with van der Waals surface area (Å²) >= 11 is 5.54. The standard InChI is InChI=1S/C11H22ClNO2/c1-3-6-10(9-15-2)13-11(14)7-4-5-8-12/h10H,3-9H2,1-2H3,(H,13,14). The topological polar surface area (TPSA) is 38.3 Å². The Balaban J connectivity index is 3.67. The highest BCUT2D eigenvalue weighted by molar-refractivity contribution is 6.17. The molecule has 90 valence electrons. The zero-order chi connectivity index (χ0) is 11.5. The molecule has 0 aromatic heterocycles. The largest absolute Gasteiger partial charge is 0.383 e. The van der Waals surface area contributed by atoms with Crippen molar-refractivity contribution in [3.05, 3.63) is 0 Å². The van der Waals surface area contributed by atoms with Crippen LogP contribution in [0.3, 0.4) is 0 Å². The Morgan fingerprint density at radius 2 is 2.20 bits per heavy atom. The Morgan fingerprint density at radius 1 is 1.47 bits per heavy atom. The number of methoxy groups -OCH3 is 1. The highest BCUT2D eigenvalue weighted by atomic mass is 35.5. The smallest absolute Gasteiger partial charge is 0.220 e. The van der Waals surface area contributed by atoms with Crippen LogP contribution >= 0.6 is 11.6 Å². The van der Waals surface area contributed by atoms with Crippen LogP contribution in [0.5, 0.6) is 0 Å². The minimum Gasteiger partial charge on any atom is -0.383 e. The van der Waals surface area contributed by atoms with Gasteiger partial charge in [0.15, 0.2) is 0 Å². The van der Waals surface area contributed by atoms with E-state index in [9.17, 15) is 4.79 Å². The number of alkyl halides is 1. The highest BCUT2D eigenvalue weighted by Gasteiger charge is 2.10. The molecule has 4 heteroatoms. The van der Waals surface area contributed by atoms with Crippen molar-refractivity contribution < 1.29 is 9.53 Å². The number of nitrogens with one attached hydrogen (secondary N) is 1. The molecule has 15 heavy (non-hydrogen) atoms. The Bertz CT molecular complexity index is 159. The van der Waals surface area contributed by atoms with E-state index < -0.39 is 0 Å². The fraction of sp³-hybridized carbons (Fsp3) is 0.909. The van der Waals surface area contributed by atoms with E-state index in [0.717, 1.165) is 25.7 Å². The minimum absolute atomic E-state index is 0.107. The van der Waals surface area contributed by atoms with E-state index in [1.807, 2.05) is 0 Å². The van der Waals surface area contributed by atoms with Crippen molar-refractivity contribution >= 4 is 17.5 Å². The first kappa shape index (κ1) is 14.7. The molecule has 0 fully saturated rings. The first-order chi connectivity index (χ1) is 7.24. The van der Waals surface area contributed by atoms with Crippen molar-refractivity contribution in [2.75, 3.05) is 19.6 Å². The summed E-state index contributed by atoms with van der Waals surface area (Å²) in [5.41, 5.74) is 0. The summed E-state index contributed by atoms with van der Waals surface area (Å²) in [4.78, 5) is 11.5. The lowest BCUT2D eigenvalue weighted by Crippen LogP contribution is -2.37. The lowest BCUT2D eigenvalue weighted by Gasteiger charge is -2.16. The van der Waals surface area contributed by atoms with Gasteiger partial charge in [-0.2, -0.15) is 0 Å². The van der Waals surface area contributed by atoms with Crippen LogP contribution in [0.25, 0.3) is 0 Å². The van der Waals surface area contributed by atoms with Crippen molar-refractivity contribution in [1.82, 2.24) is 5.32 Å². The van der Waals surface area contributed by atoms with E-state index in [1.54, 1.807) is 7.11 Å². The molecule has 1 unspecified atom stereocenters. The first-order valence-electron chi connectivity index (χ1n) is 5.58. The number of carbonyl (C=O) groups is 1. The Kier molecular flexibility index (Phi) is 10.1. The van der Waals surface area contributed by atoms with Crippen LogP contribution in [0.15, 0.2) is 0 Å². The maximum atomic E-state index is 11.5. The second kappa shape index (κ2) is 10.2. The minimum atomic E-state index is 0.107. The van der Waals surface area contributed by atoms with E-state index in [1.165, 1.54) is 0 Å². The molecule has 0 saturated carbocycles.